The van der Waals surface area contributed by atoms with Gasteiger partial charge in [0.1, 0.15) is 0 Å². The number of fused-ring (bicyclic) bond motifs is 2. The third kappa shape index (κ3) is 4.53. The Kier molecular flexibility index (Phi) is 7.64. The van der Waals surface area contributed by atoms with Gasteiger partial charge in [-0.1, -0.05) is 96.2 Å². The smallest absolute Gasteiger partial charge is 0.300 e. The van der Waals surface area contributed by atoms with Crippen molar-refractivity contribution in [2.45, 2.75) is 114 Å². The zero-order chi connectivity index (χ0) is 18.5. The first-order chi connectivity index (χ1) is 11.9. The van der Waals surface area contributed by atoms with E-state index in [0.717, 1.165) is 11.6 Å². The Balaban J connectivity index is 2.30. The second kappa shape index (κ2) is 9.08. The average Bonchev–Trinajstić information content (AvgIpc) is 2.54. The highest BCUT2D eigenvalue weighted by atomic mass is 28.3. The summed E-state index contributed by atoms with van der Waals surface area (Å²) in [6.45, 7) is 16.8. The van der Waals surface area contributed by atoms with E-state index in [0.29, 0.717) is 6.92 Å². The van der Waals surface area contributed by atoms with E-state index in [9.17, 15) is 0 Å². The maximum Gasteiger partial charge on any atom is 0.300 e. The van der Waals surface area contributed by atoms with Crippen molar-refractivity contribution in [2.75, 3.05) is 0 Å². The van der Waals surface area contributed by atoms with Crippen LogP contribution >= 0.6 is 0 Å². The van der Waals surface area contributed by atoms with Crippen LogP contribution in [0.15, 0.2) is 24.8 Å². The molecule has 2 aliphatic heterocycles. The predicted octanol–water partition coefficient (Wildman–Crippen LogP) is 7.50. The molecule has 0 saturated carbocycles. The van der Waals surface area contributed by atoms with Gasteiger partial charge in [-0.3, -0.25) is 0 Å². The molecule has 3 heteroatoms. The van der Waals surface area contributed by atoms with Gasteiger partial charge in [-0.2, -0.15) is 0 Å². The van der Waals surface area contributed by atoms with E-state index in [4.69, 9.17) is 4.65 Å². The fourth-order valence-electron chi connectivity index (χ4n) is 5.46. The van der Waals surface area contributed by atoms with E-state index in [2.05, 4.69) is 58.3 Å². The first-order valence-corrected chi connectivity index (χ1v) is 14.3. The highest BCUT2D eigenvalue weighted by Gasteiger charge is 2.49. The third-order valence-electron chi connectivity index (χ3n) is 7.11. The van der Waals surface area contributed by atoms with Crippen LogP contribution in [0.1, 0.15) is 71.6 Å². The molecule has 142 valence electrons. The van der Waals surface area contributed by atoms with Gasteiger partial charge in [0.05, 0.1) is 14.2 Å². The molecule has 2 bridgehead atoms. The minimum Gasteiger partial charge on any atom is -0.429 e. The summed E-state index contributed by atoms with van der Waals surface area (Å²) in [7, 11) is -1.49. The van der Waals surface area contributed by atoms with Crippen LogP contribution in [-0.4, -0.2) is 21.1 Å². The average molecular weight is 360 g/mol. The molecule has 0 aromatic carbocycles. The van der Waals surface area contributed by atoms with Crippen LogP contribution < -0.4 is 0 Å². The molecule has 1 nitrogen and oxygen atoms in total. The number of unbranched alkanes of at least 4 members (excludes halogenated alkanes) is 1. The largest absolute Gasteiger partial charge is 0.429 e. The summed E-state index contributed by atoms with van der Waals surface area (Å²) < 4.78 is 7.06. The topological polar surface area (TPSA) is 9.23 Å². The first-order valence-electron chi connectivity index (χ1n) is 10.8. The van der Waals surface area contributed by atoms with Crippen LogP contribution in [0.2, 0.25) is 36.3 Å². The summed E-state index contributed by atoms with van der Waals surface area (Å²) in [5, 5.41) is 0.140. The molecule has 0 radical (unpaired) electrons. The van der Waals surface area contributed by atoms with Crippen molar-refractivity contribution in [3.05, 3.63) is 24.8 Å². The lowest BCUT2D eigenvalue weighted by Crippen LogP contribution is -2.50. The summed E-state index contributed by atoms with van der Waals surface area (Å²) in [4.78, 5) is 0. The maximum atomic E-state index is 7.06. The second-order valence-corrected chi connectivity index (χ2v) is 15.0. The summed E-state index contributed by atoms with van der Waals surface area (Å²) in [5.41, 5.74) is 0. The van der Waals surface area contributed by atoms with Gasteiger partial charge < -0.3 is 4.65 Å². The van der Waals surface area contributed by atoms with Crippen molar-refractivity contribution in [3.8, 4) is 0 Å². The van der Waals surface area contributed by atoms with Gasteiger partial charge >= 0.3 is 0 Å². The molecule has 2 saturated heterocycles. The lowest BCUT2D eigenvalue weighted by Gasteiger charge is -2.50. The van der Waals surface area contributed by atoms with Crippen molar-refractivity contribution >= 4 is 15.0 Å². The first kappa shape index (κ1) is 21.0. The Morgan fingerprint density at radius 2 is 1.72 bits per heavy atom. The van der Waals surface area contributed by atoms with Crippen LogP contribution in [0.25, 0.3) is 0 Å². The Labute approximate surface area is 158 Å². The van der Waals surface area contributed by atoms with Gasteiger partial charge in [0, 0.05) is 5.04 Å². The van der Waals surface area contributed by atoms with E-state index in [1.165, 1.54) is 57.8 Å². The standard InChI is InChI=1S/C22H41BOSi/c1-7-10-18-22(9-3,25(4,5)6)21(13-8-2)24-23-19-14-11-15-20(23)17-12-16-19/h8-9,13,19-21H,3,7,10-12,14-18H2,1-2,4-6H3/b13-8+/t19?,20?,21-,22-/m0/s1. The molecule has 2 fully saturated rings. The maximum absolute atomic E-state index is 7.06. The van der Waals surface area contributed by atoms with Crippen molar-refractivity contribution in [2.24, 2.45) is 0 Å². The molecule has 2 heterocycles. The number of allylic oxidation sites excluding steroid dienone is 1. The van der Waals surface area contributed by atoms with Crippen LogP contribution in [-0.2, 0) is 4.65 Å². The lowest BCUT2D eigenvalue weighted by molar-refractivity contribution is 0.175. The van der Waals surface area contributed by atoms with E-state index in [1.807, 2.05) is 0 Å². The lowest BCUT2D eigenvalue weighted by atomic mass is 9.38. The second-order valence-electron chi connectivity index (χ2n) is 9.53. The third-order valence-corrected chi connectivity index (χ3v) is 10.6. The predicted molar refractivity (Wildman–Crippen MR) is 116 cm³/mol. The summed E-state index contributed by atoms with van der Waals surface area (Å²) >= 11 is 0. The quantitative estimate of drug-likeness (QED) is 0.305. The molecule has 0 unspecified atom stereocenters. The van der Waals surface area contributed by atoms with Crippen molar-refractivity contribution < 1.29 is 4.65 Å². The van der Waals surface area contributed by atoms with E-state index >= 15 is 0 Å². The normalized spacial score (nSPS) is 28.0. The Bertz CT molecular complexity index is 433. The number of rotatable bonds is 9. The monoisotopic (exact) mass is 360 g/mol. The van der Waals surface area contributed by atoms with E-state index in [1.54, 1.807) is 0 Å². The molecule has 25 heavy (non-hydrogen) atoms. The number of hydrogen-bond donors (Lipinski definition) is 0. The molecule has 0 aromatic rings. The molecule has 0 N–H and O–H groups in total. The van der Waals surface area contributed by atoms with Crippen molar-refractivity contribution in [1.82, 2.24) is 0 Å². The van der Waals surface area contributed by atoms with Gasteiger partial charge in [0.25, 0.3) is 6.92 Å². The molecule has 0 aliphatic carbocycles. The molecule has 2 atom stereocenters. The molecule has 0 spiro atoms. The minimum absolute atomic E-state index is 0.140. The molecule has 0 aromatic heterocycles. The van der Waals surface area contributed by atoms with E-state index in [-0.39, 0.29) is 11.1 Å². The summed E-state index contributed by atoms with van der Waals surface area (Å²) in [5.74, 6) is 1.60. The number of hydrogen-bond acceptors (Lipinski definition) is 1. The fraction of sp³-hybridized carbons (Fsp3) is 0.818. The minimum atomic E-state index is -1.49. The van der Waals surface area contributed by atoms with Gasteiger partial charge in [0.15, 0.2) is 0 Å². The Morgan fingerprint density at radius 1 is 1.16 bits per heavy atom. The zero-order valence-corrected chi connectivity index (χ0v) is 18.5. The highest BCUT2D eigenvalue weighted by Crippen LogP contribution is 2.53. The van der Waals surface area contributed by atoms with Crippen LogP contribution in [0.3, 0.4) is 0 Å². The molecular weight excluding hydrogens is 319 g/mol. The molecule has 0 amide bonds. The van der Waals surface area contributed by atoms with Gasteiger partial charge in [-0.25, -0.2) is 0 Å². The highest BCUT2D eigenvalue weighted by molar-refractivity contribution is 6.80. The zero-order valence-electron chi connectivity index (χ0n) is 17.5. The summed E-state index contributed by atoms with van der Waals surface area (Å²) in [6.07, 6.45) is 19.2. The summed E-state index contributed by atoms with van der Waals surface area (Å²) in [6, 6.07) is 0. The Hall–Kier alpha value is -0.278. The van der Waals surface area contributed by atoms with Crippen LogP contribution in [0.4, 0.5) is 0 Å². The SMILES string of the molecule is C=C[C@](CCCC)([C@H](/C=C/C)OB1C2CCCC1CCC2)[Si](C)(C)C. The molecule has 2 rings (SSSR count). The van der Waals surface area contributed by atoms with Crippen molar-refractivity contribution in [3.63, 3.8) is 0 Å². The van der Waals surface area contributed by atoms with Crippen molar-refractivity contribution in [1.29, 1.82) is 0 Å². The Morgan fingerprint density at radius 3 is 2.12 bits per heavy atom. The molecule has 2 aliphatic rings. The van der Waals surface area contributed by atoms with Crippen LogP contribution in [0, 0.1) is 0 Å². The molecular formula is C22H41BOSi. The van der Waals surface area contributed by atoms with Gasteiger partial charge in [-0.15, -0.1) is 6.58 Å². The van der Waals surface area contributed by atoms with E-state index < -0.39 is 8.07 Å². The fourth-order valence-corrected chi connectivity index (χ4v) is 8.01. The van der Waals surface area contributed by atoms with Crippen LogP contribution in [0.5, 0.6) is 0 Å². The van der Waals surface area contributed by atoms with Gasteiger partial charge in [-0.05, 0) is 25.0 Å². The van der Waals surface area contributed by atoms with Gasteiger partial charge in [0.2, 0.25) is 0 Å².